The number of benzene rings is 2. The zero-order chi connectivity index (χ0) is 20.6. The number of rotatable bonds is 7. The molecule has 148 valence electrons. The van der Waals surface area contributed by atoms with Crippen LogP contribution in [-0.2, 0) is 20.6 Å². The van der Waals surface area contributed by atoms with Crippen LogP contribution in [0.5, 0.6) is 5.75 Å². The van der Waals surface area contributed by atoms with E-state index in [1.807, 2.05) is 0 Å². The van der Waals surface area contributed by atoms with E-state index in [0.29, 0.717) is 17.5 Å². The predicted octanol–water partition coefficient (Wildman–Crippen LogP) is 2.43. The molecule has 0 aromatic heterocycles. The Labute approximate surface area is 162 Å². The summed E-state index contributed by atoms with van der Waals surface area (Å²) in [5, 5.41) is 2.62. The van der Waals surface area contributed by atoms with Crippen molar-refractivity contribution in [3.8, 4) is 17.6 Å². The van der Waals surface area contributed by atoms with E-state index in [2.05, 4.69) is 21.9 Å². The van der Waals surface area contributed by atoms with E-state index >= 15 is 0 Å². The van der Waals surface area contributed by atoms with Crippen molar-refractivity contribution in [1.82, 2.24) is 4.72 Å². The summed E-state index contributed by atoms with van der Waals surface area (Å²) in [4.78, 5) is 11.0. The van der Waals surface area contributed by atoms with Crippen LogP contribution in [0.3, 0.4) is 0 Å². The Hall–Kier alpha value is -2.96. The number of hydrogen-bond acceptors (Lipinski definition) is 4. The number of hydrogen-bond donors (Lipinski definition) is 2. The van der Waals surface area contributed by atoms with Gasteiger partial charge in [-0.1, -0.05) is 17.9 Å². The second-order valence-corrected chi connectivity index (χ2v) is 7.52. The average Bonchev–Trinajstić information content (AvgIpc) is 2.56. The maximum Gasteiger partial charge on any atom is 0.221 e. The summed E-state index contributed by atoms with van der Waals surface area (Å²) in [6.07, 6.45) is 0. The lowest BCUT2D eigenvalue weighted by molar-refractivity contribution is -0.114. The molecule has 0 atom stereocenters. The lowest BCUT2D eigenvalue weighted by atomic mass is 10.2. The van der Waals surface area contributed by atoms with Gasteiger partial charge in [0, 0.05) is 24.7 Å². The third-order valence-electron chi connectivity index (χ3n) is 3.25. The molecule has 2 aromatic carbocycles. The van der Waals surface area contributed by atoms with Gasteiger partial charge in [-0.3, -0.25) is 4.79 Å². The first-order chi connectivity index (χ1) is 13.2. The molecule has 2 rings (SSSR count). The lowest BCUT2D eigenvalue weighted by Crippen LogP contribution is -2.25. The molecule has 0 unspecified atom stereocenters. The number of carbonyl (C=O) groups excluding carboxylic acids is 1. The standard InChI is InChI=1S/C19H18F2N2O4S/c1-14(24)23-18-5-4-6-19(12-18)27-8-3-2-7-22-28(25,26)13-15-9-16(20)11-17(21)10-15/h4-6,9-12,22H,7-8,13H2,1H3,(H,23,24). The van der Waals surface area contributed by atoms with Gasteiger partial charge in [0.15, 0.2) is 0 Å². The van der Waals surface area contributed by atoms with Gasteiger partial charge in [-0.05, 0) is 29.8 Å². The van der Waals surface area contributed by atoms with E-state index in [1.54, 1.807) is 24.3 Å². The summed E-state index contributed by atoms with van der Waals surface area (Å²) in [6.45, 7) is 1.24. The fraction of sp³-hybridized carbons (Fsp3) is 0.211. The van der Waals surface area contributed by atoms with Gasteiger partial charge < -0.3 is 10.1 Å². The number of halogens is 2. The van der Waals surface area contributed by atoms with Crippen LogP contribution in [0.1, 0.15) is 12.5 Å². The van der Waals surface area contributed by atoms with Crippen molar-refractivity contribution in [2.75, 3.05) is 18.5 Å². The fourth-order valence-corrected chi connectivity index (χ4v) is 3.21. The van der Waals surface area contributed by atoms with Crippen molar-refractivity contribution in [3.63, 3.8) is 0 Å². The van der Waals surface area contributed by atoms with Crippen LogP contribution in [0.2, 0.25) is 0 Å². The molecule has 2 N–H and O–H groups in total. The number of anilines is 1. The summed E-state index contributed by atoms with van der Waals surface area (Å²) in [5.41, 5.74) is 0.583. The molecule has 6 nitrogen and oxygen atoms in total. The van der Waals surface area contributed by atoms with Gasteiger partial charge in [-0.15, -0.1) is 0 Å². The SMILES string of the molecule is CC(=O)Nc1cccc(OCC#CCNS(=O)(=O)Cc2cc(F)cc(F)c2)c1. The molecule has 0 fully saturated rings. The van der Waals surface area contributed by atoms with E-state index in [-0.39, 0.29) is 24.6 Å². The van der Waals surface area contributed by atoms with Crippen molar-refractivity contribution in [1.29, 1.82) is 0 Å². The average molecular weight is 408 g/mol. The van der Waals surface area contributed by atoms with Crippen LogP contribution in [-0.4, -0.2) is 27.5 Å². The van der Waals surface area contributed by atoms with E-state index < -0.39 is 27.4 Å². The van der Waals surface area contributed by atoms with Gasteiger partial charge in [0.05, 0.1) is 12.3 Å². The molecule has 0 bridgehead atoms. The fourth-order valence-electron chi connectivity index (χ4n) is 2.21. The third-order valence-corrected chi connectivity index (χ3v) is 4.55. The Morgan fingerprint density at radius 3 is 2.50 bits per heavy atom. The molecule has 0 heterocycles. The molecule has 1 amide bonds. The second-order valence-electron chi connectivity index (χ2n) is 5.71. The van der Waals surface area contributed by atoms with Gasteiger partial charge in [0.2, 0.25) is 15.9 Å². The quantitative estimate of drug-likeness (QED) is 0.690. The number of nitrogens with one attached hydrogen (secondary N) is 2. The first-order valence-corrected chi connectivity index (χ1v) is 9.77. The maximum absolute atomic E-state index is 13.1. The van der Waals surface area contributed by atoms with E-state index in [4.69, 9.17) is 4.74 Å². The van der Waals surface area contributed by atoms with Gasteiger partial charge in [-0.2, -0.15) is 0 Å². The van der Waals surface area contributed by atoms with Crippen molar-refractivity contribution >= 4 is 21.6 Å². The van der Waals surface area contributed by atoms with Crippen molar-refractivity contribution in [3.05, 3.63) is 59.7 Å². The molecular formula is C19H18F2N2O4S. The van der Waals surface area contributed by atoms with Crippen LogP contribution >= 0.6 is 0 Å². The third kappa shape index (κ3) is 7.73. The minimum Gasteiger partial charge on any atom is -0.481 e. The van der Waals surface area contributed by atoms with Crippen LogP contribution in [0.15, 0.2) is 42.5 Å². The van der Waals surface area contributed by atoms with Crippen molar-refractivity contribution in [2.45, 2.75) is 12.7 Å². The molecular weight excluding hydrogens is 390 g/mol. The number of amides is 1. The summed E-state index contributed by atoms with van der Waals surface area (Å²) in [5.74, 6) is 3.27. The molecule has 9 heteroatoms. The van der Waals surface area contributed by atoms with Crippen LogP contribution in [0.25, 0.3) is 0 Å². The summed E-state index contributed by atoms with van der Waals surface area (Å²) in [6, 6.07) is 9.31. The number of sulfonamides is 1. The Morgan fingerprint density at radius 1 is 1.11 bits per heavy atom. The van der Waals surface area contributed by atoms with Crippen LogP contribution in [0, 0.1) is 23.5 Å². The minimum absolute atomic E-state index is 0.000319. The van der Waals surface area contributed by atoms with Crippen molar-refractivity contribution < 1.29 is 26.7 Å². The first-order valence-electron chi connectivity index (χ1n) is 8.12. The largest absolute Gasteiger partial charge is 0.481 e. The normalized spacial score (nSPS) is 10.7. The zero-order valence-electron chi connectivity index (χ0n) is 15.0. The monoisotopic (exact) mass is 408 g/mol. The number of carbonyl (C=O) groups is 1. The Bertz CT molecular complexity index is 994. The summed E-state index contributed by atoms with van der Waals surface area (Å²) >= 11 is 0. The molecule has 0 saturated carbocycles. The molecule has 0 aliphatic rings. The highest BCUT2D eigenvalue weighted by molar-refractivity contribution is 7.88. The van der Waals surface area contributed by atoms with Crippen LogP contribution < -0.4 is 14.8 Å². The lowest BCUT2D eigenvalue weighted by Gasteiger charge is -2.06. The topological polar surface area (TPSA) is 84.5 Å². The molecule has 0 aliphatic heterocycles. The molecule has 0 aliphatic carbocycles. The van der Waals surface area contributed by atoms with Crippen LogP contribution in [0.4, 0.5) is 14.5 Å². The van der Waals surface area contributed by atoms with Gasteiger partial charge >= 0.3 is 0 Å². The summed E-state index contributed by atoms with van der Waals surface area (Å²) in [7, 11) is -3.79. The van der Waals surface area contributed by atoms with E-state index in [1.165, 1.54) is 6.92 Å². The Kier molecular flexibility index (Phi) is 7.49. The molecule has 0 spiro atoms. The summed E-state index contributed by atoms with van der Waals surface area (Å²) < 4.78 is 57.7. The van der Waals surface area contributed by atoms with Gasteiger partial charge in [0.1, 0.15) is 24.0 Å². The van der Waals surface area contributed by atoms with E-state index in [9.17, 15) is 22.0 Å². The molecule has 0 radical (unpaired) electrons. The van der Waals surface area contributed by atoms with Crippen molar-refractivity contribution in [2.24, 2.45) is 0 Å². The predicted molar refractivity (Wildman–Crippen MR) is 101 cm³/mol. The highest BCUT2D eigenvalue weighted by atomic mass is 32.2. The molecule has 28 heavy (non-hydrogen) atoms. The number of ether oxygens (including phenoxy) is 1. The molecule has 0 saturated heterocycles. The smallest absolute Gasteiger partial charge is 0.221 e. The highest BCUT2D eigenvalue weighted by Gasteiger charge is 2.12. The first kappa shape index (κ1) is 21.3. The Morgan fingerprint density at radius 2 is 1.82 bits per heavy atom. The Balaban J connectivity index is 1.80. The molecule has 2 aromatic rings. The second kappa shape index (κ2) is 9.82. The maximum atomic E-state index is 13.1. The minimum atomic E-state index is -3.79. The van der Waals surface area contributed by atoms with E-state index in [0.717, 1.165) is 12.1 Å². The highest BCUT2D eigenvalue weighted by Crippen LogP contribution is 2.17. The van der Waals surface area contributed by atoms with Gasteiger partial charge in [-0.25, -0.2) is 21.9 Å². The van der Waals surface area contributed by atoms with Gasteiger partial charge in [0.25, 0.3) is 0 Å². The zero-order valence-corrected chi connectivity index (χ0v) is 15.8.